The summed E-state index contributed by atoms with van der Waals surface area (Å²) in [6, 6.07) is 102. The van der Waals surface area contributed by atoms with Crippen LogP contribution in [0.2, 0.25) is 0 Å². The van der Waals surface area contributed by atoms with E-state index in [0.29, 0.717) is 0 Å². The third-order valence-electron chi connectivity index (χ3n) is 18.1. The Balaban J connectivity index is 0.894. The van der Waals surface area contributed by atoms with Crippen LogP contribution >= 0.6 is 0 Å². The Morgan fingerprint density at radius 3 is 0.765 bits per heavy atom. The maximum Gasteiger partial charge on any atom is 0.0541 e. The molecule has 0 radical (unpaired) electrons. The lowest BCUT2D eigenvalue weighted by Crippen LogP contribution is -2.10. The molecule has 3 aromatic heterocycles. The van der Waals surface area contributed by atoms with Gasteiger partial charge in [0.25, 0.3) is 0 Å². The molecule has 0 unspecified atom stereocenters. The van der Waals surface area contributed by atoms with E-state index < -0.39 is 0 Å². The Hall–Kier alpha value is -10.2. The Labute approximate surface area is 495 Å². The summed E-state index contributed by atoms with van der Waals surface area (Å²) in [6.45, 7) is 13.8. The van der Waals surface area contributed by atoms with Crippen LogP contribution in [-0.2, 0) is 10.8 Å². The fourth-order valence-corrected chi connectivity index (χ4v) is 13.8. The van der Waals surface area contributed by atoms with Gasteiger partial charge in [-0.05, 0) is 197 Å². The summed E-state index contributed by atoms with van der Waals surface area (Å²) in [4.78, 5) is 0. The van der Waals surface area contributed by atoms with E-state index in [1.807, 2.05) is 0 Å². The van der Waals surface area contributed by atoms with E-state index >= 15 is 0 Å². The second-order valence-electron chi connectivity index (χ2n) is 25.3. The van der Waals surface area contributed by atoms with Crippen molar-refractivity contribution in [2.75, 3.05) is 0 Å². The summed E-state index contributed by atoms with van der Waals surface area (Å²) >= 11 is 0. The summed E-state index contributed by atoms with van der Waals surface area (Å²) in [7, 11) is 0. The lowest BCUT2D eigenvalue weighted by atomic mass is 9.86. The van der Waals surface area contributed by atoms with Crippen molar-refractivity contribution in [2.45, 2.75) is 52.4 Å². The Kier molecular flexibility index (Phi) is 11.4. The number of hydrogen-bond donors (Lipinski definition) is 0. The van der Waals surface area contributed by atoms with Gasteiger partial charge in [-0.1, -0.05) is 205 Å². The van der Waals surface area contributed by atoms with Crippen molar-refractivity contribution in [2.24, 2.45) is 0 Å². The quantitative estimate of drug-likeness (QED) is 0.141. The average molecular weight is 1090 g/mol. The average Bonchev–Trinajstić information content (AvgIpc) is 1.94. The minimum Gasteiger partial charge on any atom is -0.309 e. The molecule has 0 aliphatic heterocycles. The summed E-state index contributed by atoms with van der Waals surface area (Å²) in [5.74, 6) is 0. The molecule has 0 N–H and O–H groups in total. The third-order valence-corrected chi connectivity index (χ3v) is 18.1. The van der Waals surface area contributed by atoms with Gasteiger partial charge in [0.05, 0.1) is 33.1 Å². The number of fused-ring (bicyclic) bond motifs is 11. The Morgan fingerprint density at radius 1 is 0.200 bits per heavy atom. The van der Waals surface area contributed by atoms with Gasteiger partial charge in [0.1, 0.15) is 0 Å². The topological polar surface area (TPSA) is 14.8 Å². The molecule has 0 spiro atoms. The van der Waals surface area contributed by atoms with E-state index in [1.54, 1.807) is 0 Å². The van der Waals surface area contributed by atoms with E-state index in [9.17, 15) is 0 Å². The molecule has 0 saturated carbocycles. The van der Waals surface area contributed by atoms with Crippen LogP contribution in [0.1, 0.15) is 52.7 Å². The zero-order chi connectivity index (χ0) is 57.3. The van der Waals surface area contributed by atoms with Crippen LogP contribution in [0.3, 0.4) is 0 Å². The third kappa shape index (κ3) is 8.16. The fraction of sp³-hybridized carbons (Fsp3) is 0.0976. The number of hydrogen-bond acceptors (Lipinski definition) is 0. The van der Waals surface area contributed by atoms with Crippen LogP contribution in [0, 0.1) is 0 Å². The largest absolute Gasteiger partial charge is 0.309 e. The molecule has 0 atom stereocenters. The highest BCUT2D eigenvalue weighted by Crippen LogP contribution is 2.46. The monoisotopic (exact) mass is 1090 g/mol. The zero-order valence-corrected chi connectivity index (χ0v) is 48.8. The molecule has 406 valence electrons. The molecule has 0 aliphatic carbocycles. The molecule has 3 heteroatoms. The van der Waals surface area contributed by atoms with E-state index in [2.05, 4.69) is 328 Å². The van der Waals surface area contributed by atoms with Gasteiger partial charge in [0, 0.05) is 49.4 Å². The van der Waals surface area contributed by atoms with Gasteiger partial charge in [0.15, 0.2) is 0 Å². The molecular weight excluding hydrogens is 1030 g/mol. The van der Waals surface area contributed by atoms with Crippen LogP contribution in [-0.4, -0.2) is 13.7 Å². The van der Waals surface area contributed by atoms with Crippen LogP contribution in [0.15, 0.2) is 273 Å². The Morgan fingerprint density at radius 2 is 0.447 bits per heavy atom. The summed E-state index contributed by atoms with van der Waals surface area (Å²) in [6.07, 6.45) is 0. The first-order chi connectivity index (χ1) is 41.4. The first-order valence-electron chi connectivity index (χ1n) is 29.9. The van der Waals surface area contributed by atoms with Crippen molar-refractivity contribution < 1.29 is 0 Å². The second kappa shape index (κ2) is 19.2. The van der Waals surface area contributed by atoms with Crippen molar-refractivity contribution in [1.29, 1.82) is 0 Å². The lowest BCUT2D eigenvalue weighted by Gasteiger charge is -2.19. The van der Waals surface area contributed by atoms with E-state index in [4.69, 9.17) is 0 Å². The van der Waals surface area contributed by atoms with Gasteiger partial charge in [-0.25, -0.2) is 0 Å². The fourth-order valence-electron chi connectivity index (χ4n) is 13.8. The highest BCUT2D eigenvalue weighted by molar-refractivity contribution is 6.22. The van der Waals surface area contributed by atoms with Gasteiger partial charge in [-0.3, -0.25) is 0 Å². The minimum absolute atomic E-state index is 0.00484. The van der Waals surface area contributed by atoms with Crippen LogP contribution < -0.4 is 0 Å². The first kappa shape index (κ1) is 50.5. The molecule has 0 fully saturated rings. The molecular formula is C82H63N3. The normalized spacial score (nSPS) is 12.4. The highest BCUT2D eigenvalue weighted by atomic mass is 15.0. The predicted octanol–water partition coefficient (Wildman–Crippen LogP) is 22.5. The molecule has 3 nitrogen and oxygen atoms in total. The summed E-state index contributed by atoms with van der Waals surface area (Å²) in [5.41, 5.74) is 23.0. The molecule has 16 aromatic rings. The van der Waals surface area contributed by atoms with E-state index in [0.717, 1.165) is 17.1 Å². The minimum atomic E-state index is 0.00484. The van der Waals surface area contributed by atoms with Crippen molar-refractivity contribution in [3.05, 3.63) is 284 Å². The number of rotatable bonds is 7. The molecule has 0 aliphatic rings. The van der Waals surface area contributed by atoms with Crippen molar-refractivity contribution in [3.63, 3.8) is 0 Å². The molecule has 0 amide bonds. The zero-order valence-electron chi connectivity index (χ0n) is 48.8. The van der Waals surface area contributed by atoms with Crippen LogP contribution in [0.25, 0.3) is 149 Å². The van der Waals surface area contributed by atoms with Gasteiger partial charge in [-0.15, -0.1) is 0 Å². The maximum absolute atomic E-state index is 2.48. The number of para-hydroxylation sites is 2. The maximum atomic E-state index is 2.48. The molecule has 0 bridgehead atoms. The predicted molar refractivity (Wildman–Crippen MR) is 364 cm³/mol. The smallest absolute Gasteiger partial charge is 0.0541 e. The summed E-state index contributed by atoms with van der Waals surface area (Å²) in [5, 5.41) is 12.5. The van der Waals surface area contributed by atoms with Crippen molar-refractivity contribution in [1.82, 2.24) is 13.7 Å². The first-order valence-corrected chi connectivity index (χ1v) is 29.9. The van der Waals surface area contributed by atoms with Crippen LogP contribution in [0.4, 0.5) is 0 Å². The lowest BCUT2D eigenvalue weighted by molar-refractivity contribution is 0.591. The molecule has 16 rings (SSSR count). The molecule has 13 aromatic carbocycles. The van der Waals surface area contributed by atoms with E-state index in [-0.39, 0.29) is 10.8 Å². The van der Waals surface area contributed by atoms with Gasteiger partial charge < -0.3 is 13.7 Å². The van der Waals surface area contributed by atoms with Gasteiger partial charge >= 0.3 is 0 Å². The molecule has 3 heterocycles. The number of benzene rings is 13. The van der Waals surface area contributed by atoms with Gasteiger partial charge in [-0.2, -0.15) is 0 Å². The highest BCUT2D eigenvalue weighted by Gasteiger charge is 2.23. The van der Waals surface area contributed by atoms with Crippen molar-refractivity contribution >= 4 is 87.0 Å². The second-order valence-corrected chi connectivity index (χ2v) is 25.3. The summed E-state index contributed by atoms with van der Waals surface area (Å²) < 4.78 is 7.33. The number of nitrogens with zero attached hydrogens (tertiary/aromatic N) is 3. The van der Waals surface area contributed by atoms with E-state index in [1.165, 1.54) is 143 Å². The standard InChI is InChI=1S/C82H63N3/c1-81(2,3)58-36-44-77-71(50-58)69-48-56(34-42-75(69)83(77)60-22-12-8-13-23-60)54-32-40-73-67(46-54)68-47-55(57-35-43-76-70(49-57)72-51-59(82(4,5)6)37-45-78(72)84(76)61-24-14-9-15-25-61)33-41-74(68)85(73)62-38-30-53(31-39-62)80-65-28-18-16-26-63(65)79(52-20-10-7-11-21-52)64-27-17-19-29-66(64)80/h7-51H,1-6H3. The van der Waals surface area contributed by atoms with Crippen LogP contribution in [0.5, 0.6) is 0 Å². The molecule has 0 saturated heterocycles. The van der Waals surface area contributed by atoms with Crippen molar-refractivity contribution in [3.8, 4) is 61.6 Å². The number of aromatic nitrogens is 3. The SMILES string of the molecule is CC(C)(C)c1ccc2c(c1)c1cc(-c3ccc4c(c3)c3cc(-c5ccc6c(c5)c5cc(C(C)(C)C)ccc5n6-c5ccccc5)ccc3n4-c3ccc(-c4c5ccccc5c(-c5ccccc5)c5ccccc45)cc3)ccc1n2-c1ccccc1. The molecule has 85 heavy (non-hydrogen) atoms. The Bertz CT molecular complexity index is 5040. The van der Waals surface area contributed by atoms with Gasteiger partial charge in [0.2, 0.25) is 0 Å².